The molecule has 164 valence electrons. The number of aromatic nitrogens is 2. The van der Waals surface area contributed by atoms with Crippen LogP contribution in [0.5, 0.6) is 0 Å². The number of rotatable bonds is 9. The van der Waals surface area contributed by atoms with Gasteiger partial charge in [0.05, 0.1) is 16.7 Å². The molecule has 0 spiro atoms. The Hall–Kier alpha value is -2.29. The summed E-state index contributed by atoms with van der Waals surface area (Å²) >= 11 is 12.2. The van der Waals surface area contributed by atoms with Gasteiger partial charge in [0.25, 0.3) is 5.56 Å². The number of ether oxygens (including phenoxy) is 1. The average molecular weight is 457 g/mol. The number of benzene rings is 1. The van der Waals surface area contributed by atoms with Crippen LogP contribution in [0.1, 0.15) is 25.8 Å². The third-order valence-corrected chi connectivity index (χ3v) is 5.35. The molecule has 8 nitrogen and oxygen atoms in total. The van der Waals surface area contributed by atoms with Gasteiger partial charge in [0.1, 0.15) is 5.82 Å². The van der Waals surface area contributed by atoms with Crippen molar-refractivity contribution < 1.29 is 9.53 Å². The van der Waals surface area contributed by atoms with Crippen LogP contribution >= 0.6 is 23.2 Å². The van der Waals surface area contributed by atoms with Crippen LogP contribution in [0.15, 0.2) is 27.8 Å². The number of nitrogen functional groups attached to an aromatic ring is 1. The Labute approximate surface area is 184 Å². The number of methoxy groups -OCH3 is 1. The molecule has 0 bridgehead atoms. The van der Waals surface area contributed by atoms with Crippen LogP contribution < -0.4 is 21.9 Å². The number of hydrogen-bond donors (Lipinski definition) is 2. The molecule has 0 aliphatic rings. The van der Waals surface area contributed by atoms with E-state index in [1.54, 1.807) is 18.2 Å². The van der Waals surface area contributed by atoms with Gasteiger partial charge in [0, 0.05) is 26.6 Å². The Morgan fingerprint density at radius 2 is 2.00 bits per heavy atom. The van der Waals surface area contributed by atoms with Crippen LogP contribution in [-0.2, 0) is 22.5 Å². The predicted molar refractivity (Wildman–Crippen MR) is 120 cm³/mol. The van der Waals surface area contributed by atoms with Gasteiger partial charge in [0.15, 0.2) is 5.69 Å². The van der Waals surface area contributed by atoms with Gasteiger partial charge < -0.3 is 15.4 Å². The molecule has 2 rings (SSSR count). The van der Waals surface area contributed by atoms with Gasteiger partial charge in [-0.15, -0.1) is 0 Å². The van der Waals surface area contributed by atoms with Gasteiger partial charge in [-0.1, -0.05) is 49.2 Å². The summed E-state index contributed by atoms with van der Waals surface area (Å²) in [4.78, 5) is 41.3. The number of halogens is 2. The third-order valence-electron chi connectivity index (χ3n) is 4.49. The van der Waals surface area contributed by atoms with E-state index >= 15 is 0 Å². The maximum Gasteiger partial charge on any atom is 0.330 e. The summed E-state index contributed by atoms with van der Waals surface area (Å²) in [6.45, 7) is 4.43. The molecule has 0 unspecified atom stereocenters. The van der Waals surface area contributed by atoms with Crippen molar-refractivity contribution >= 4 is 40.6 Å². The molecular weight excluding hydrogens is 431 g/mol. The van der Waals surface area contributed by atoms with Gasteiger partial charge in [-0.05, 0) is 24.0 Å². The average Bonchev–Trinajstić information content (AvgIpc) is 2.68. The lowest BCUT2D eigenvalue weighted by Crippen LogP contribution is -2.43. The van der Waals surface area contributed by atoms with Crippen molar-refractivity contribution in [2.75, 3.05) is 30.9 Å². The molecular formula is C20H26Cl2N4O4. The quantitative estimate of drug-likeness (QED) is 0.602. The maximum absolute atomic E-state index is 13.0. The zero-order valence-electron chi connectivity index (χ0n) is 17.2. The minimum absolute atomic E-state index is 0.0531. The van der Waals surface area contributed by atoms with Gasteiger partial charge in [0.2, 0.25) is 5.91 Å². The van der Waals surface area contributed by atoms with E-state index < -0.39 is 11.2 Å². The summed E-state index contributed by atoms with van der Waals surface area (Å²) in [6.07, 6.45) is 0.386. The lowest BCUT2D eigenvalue weighted by atomic mass is 10.1. The minimum atomic E-state index is -0.720. The molecule has 1 amide bonds. The number of amides is 1. The van der Waals surface area contributed by atoms with E-state index in [4.69, 9.17) is 33.7 Å². The zero-order valence-corrected chi connectivity index (χ0v) is 18.7. The van der Waals surface area contributed by atoms with E-state index in [1.807, 2.05) is 13.8 Å². The normalized spacial score (nSPS) is 11.1. The Bertz CT molecular complexity index is 1020. The first-order valence-corrected chi connectivity index (χ1v) is 10.3. The number of carbonyl (C=O) groups excluding carboxylic acids is 1. The Balaban J connectivity index is 2.39. The van der Waals surface area contributed by atoms with E-state index in [9.17, 15) is 14.4 Å². The van der Waals surface area contributed by atoms with Crippen molar-refractivity contribution in [2.45, 2.75) is 33.2 Å². The van der Waals surface area contributed by atoms with E-state index in [-0.39, 0.29) is 42.9 Å². The molecule has 3 N–H and O–H groups in total. The van der Waals surface area contributed by atoms with Gasteiger partial charge in [-0.25, -0.2) is 4.79 Å². The molecule has 1 aromatic carbocycles. The molecule has 2 aromatic rings. The summed E-state index contributed by atoms with van der Waals surface area (Å²) in [5, 5.41) is 0.789. The fourth-order valence-corrected chi connectivity index (χ4v) is 3.46. The molecule has 0 aliphatic carbocycles. The minimum Gasteiger partial charge on any atom is -0.383 e. The lowest BCUT2D eigenvalue weighted by molar-refractivity contribution is -0.118. The number of aryl methyl sites for hydroxylation is 1. The smallest absolute Gasteiger partial charge is 0.330 e. The van der Waals surface area contributed by atoms with E-state index in [2.05, 4.69) is 4.98 Å². The van der Waals surface area contributed by atoms with Gasteiger partial charge >= 0.3 is 5.69 Å². The second kappa shape index (κ2) is 10.7. The fraction of sp³-hybridized carbons (Fsp3) is 0.450. The van der Waals surface area contributed by atoms with Crippen LogP contribution in [0.3, 0.4) is 0 Å². The van der Waals surface area contributed by atoms with E-state index in [1.165, 1.54) is 16.6 Å². The summed E-state index contributed by atoms with van der Waals surface area (Å²) in [5.74, 6) is -0.297. The van der Waals surface area contributed by atoms with Crippen LogP contribution in [0.4, 0.5) is 11.5 Å². The molecule has 0 aliphatic heterocycles. The number of hydrogen-bond acceptors (Lipinski definition) is 5. The van der Waals surface area contributed by atoms with Crippen molar-refractivity contribution in [1.29, 1.82) is 0 Å². The van der Waals surface area contributed by atoms with Crippen LogP contribution in [0, 0.1) is 5.92 Å². The number of nitrogens with two attached hydrogens (primary N) is 1. The van der Waals surface area contributed by atoms with E-state index in [0.29, 0.717) is 23.0 Å². The van der Waals surface area contributed by atoms with Crippen molar-refractivity contribution in [3.63, 3.8) is 0 Å². The Kier molecular flexibility index (Phi) is 8.52. The second-order valence-corrected chi connectivity index (χ2v) is 8.03. The number of anilines is 2. The molecule has 0 fully saturated rings. The maximum atomic E-state index is 13.0. The highest BCUT2D eigenvalue weighted by atomic mass is 35.5. The third kappa shape index (κ3) is 5.65. The number of nitrogens with one attached hydrogen (secondary N) is 1. The summed E-state index contributed by atoms with van der Waals surface area (Å²) < 4.78 is 6.35. The summed E-state index contributed by atoms with van der Waals surface area (Å²) in [6, 6.07) is 5.20. The highest BCUT2D eigenvalue weighted by Gasteiger charge is 2.24. The van der Waals surface area contributed by atoms with Crippen molar-refractivity contribution in [3.05, 3.63) is 54.6 Å². The molecule has 0 radical (unpaired) electrons. The molecule has 0 saturated heterocycles. The SMILES string of the molecule is COCCN(C(=O)CCc1cccc(Cl)c1Cl)c1c(N)n(CC(C)C)c(=O)[nH]c1=O. The van der Waals surface area contributed by atoms with Crippen molar-refractivity contribution in [2.24, 2.45) is 5.92 Å². The number of nitrogens with zero attached hydrogens (tertiary/aromatic N) is 2. The van der Waals surface area contributed by atoms with Crippen molar-refractivity contribution in [1.82, 2.24) is 9.55 Å². The molecule has 1 heterocycles. The zero-order chi connectivity index (χ0) is 22.4. The van der Waals surface area contributed by atoms with Gasteiger partial charge in [-0.2, -0.15) is 0 Å². The highest BCUT2D eigenvalue weighted by molar-refractivity contribution is 6.42. The van der Waals surface area contributed by atoms with E-state index in [0.717, 1.165) is 5.56 Å². The Morgan fingerprint density at radius 1 is 1.30 bits per heavy atom. The molecule has 30 heavy (non-hydrogen) atoms. The summed E-state index contributed by atoms with van der Waals surface area (Å²) in [7, 11) is 1.49. The number of H-pyrrole nitrogens is 1. The monoisotopic (exact) mass is 456 g/mol. The second-order valence-electron chi connectivity index (χ2n) is 7.25. The van der Waals surface area contributed by atoms with Gasteiger partial charge in [-0.3, -0.25) is 19.1 Å². The Morgan fingerprint density at radius 3 is 2.63 bits per heavy atom. The van der Waals surface area contributed by atoms with Crippen LogP contribution in [0.25, 0.3) is 0 Å². The standard InChI is InChI=1S/C20H26Cl2N4O4/c1-12(2)11-26-18(23)17(19(28)24-20(26)29)25(9-10-30-3)15(27)8-7-13-5-4-6-14(21)16(13)22/h4-6,12H,7-11,23H2,1-3H3,(H,24,28,29). The number of aromatic amines is 1. The molecule has 1 aromatic heterocycles. The van der Waals surface area contributed by atoms with Crippen molar-refractivity contribution in [3.8, 4) is 0 Å². The van der Waals surface area contributed by atoms with Crippen LogP contribution in [-0.4, -0.2) is 35.7 Å². The first-order valence-electron chi connectivity index (χ1n) is 9.52. The first-order chi connectivity index (χ1) is 14.2. The fourth-order valence-electron chi connectivity index (χ4n) is 3.05. The largest absolute Gasteiger partial charge is 0.383 e. The molecule has 0 atom stereocenters. The lowest BCUT2D eigenvalue weighted by Gasteiger charge is -2.25. The highest BCUT2D eigenvalue weighted by Crippen LogP contribution is 2.27. The topological polar surface area (TPSA) is 110 Å². The molecule has 0 saturated carbocycles. The molecule has 10 heteroatoms. The number of carbonyl (C=O) groups is 1. The summed E-state index contributed by atoms with van der Waals surface area (Å²) in [5.41, 5.74) is 5.49. The predicted octanol–water partition coefficient (Wildman–Crippen LogP) is 2.69. The first kappa shape index (κ1) is 24.0. The van der Waals surface area contributed by atoms with Crippen LogP contribution in [0.2, 0.25) is 10.0 Å².